The summed E-state index contributed by atoms with van der Waals surface area (Å²) >= 11 is 0. The van der Waals surface area contributed by atoms with Gasteiger partial charge in [0.1, 0.15) is 6.54 Å². The monoisotopic (exact) mass is 422 g/mol. The highest BCUT2D eigenvalue weighted by atomic mass is 16.2. The number of fused-ring (bicyclic) bond motifs is 2. The molecule has 6 nitrogen and oxygen atoms in total. The van der Waals surface area contributed by atoms with Crippen LogP contribution in [0.2, 0.25) is 0 Å². The minimum Gasteiger partial charge on any atom is -0.331 e. The van der Waals surface area contributed by atoms with E-state index in [2.05, 4.69) is 10.4 Å². The number of aryl methyl sites for hydroxylation is 2. The quantitative estimate of drug-likeness (QED) is 0.431. The molecule has 1 N–H and O–H groups in total. The van der Waals surface area contributed by atoms with Gasteiger partial charge in [-0.3, -0.25) is 9.59 Å². The maximum atomic E-state index is 13.2. The lowest BCUT2D eigenvalue weighted by Crippen LogP contribution is -2.22. The third kappa shape index (κ3) is 3.36. The molecule has 0 aliphatic heterocycles. The van der Waals surface area contributed by atoms with Crippen LogP contribution in [0.4, 0.5) is 5.69 Å². The van der Waals surface area contributed by atoms with E-state index < -0.39 is 0 Å². The zero-order valence-corrected chi connectivity index (χ0v) is 17.9. The molecular formula is C26H22N4O2. The first-order valence-corrected chi connectivity index (χ1v) is 10.5. The number of carbonyl (C=O) groups is 1. The first kappa shape index (κ1) is 19.8. The molecule has 6 heteroatoms. The maximum absolute atomic E-state index is 13.2. The molecule has 0 spiro atoms. The summed E-state index contributed by atoms with van der Waals surface area (Å²) in [4.78, 5) is 26.1. The van der Waals surface area contributed by atoms with E-state index in [1.807, 2.05) is 89.8 Å². The molecule has 3 aromatic carbocycles. The molecule has 0 fully saturated rings. The number of benzene rings is 3. The molecule has 0 saturated heterocycles. The Morgan fingerprint density at radius 1 is 0.875 bits per heavy atom. The number of carbonyl (C=O) groups excluding carboxylic acids is 1. The van der Waals surface area contributed by atoms with Crippen LogP contribution in [-0.4, -0.2) is 20.3 Å². The first-order chi connectivity index (χ1) is 15.5. The van der Waals surface area contributed by atoms with Crippen LogP contribution in [-0.2, 0) is 11.3 Å². The van der Waals surface area contributed by atoms with Gasteiger partial charge in [-0.2, -0.15) is 5.10 Å². The lowest BCUT2D eigenvalue weighted by molar-refractivity contribution is -0.116. The summed E-state index contributed by atoms with van der Waals surface area (Å²) in [5.74, 6) is -0.182. The number of hydrogen-bond acceptors (Lipinski definition) is 3. The fourth-order valence-corrected chi connectivity index (χ4v) is 4.22. The molecule has 2 aromatic heterocycles. The van der Waals surface area contributed by atoms with Crippen molar-refractivity contribution in [1.82, 2.24) is 14.3 Å². The summed E-state index contributed by atoms with van der Waals surface area (Å²) in [6, 6.07) is 24.4. The lowest BCUT2D eigenvalue weighted by atomic mass is 10.1. The van der Waals surface area contributed by atoms with E-state index in [4.69, 9.17) is 0 Å². The lowest BCUT2D eigenvalue weighted by Gasteiger charge is -2.16. The fourth-order valence-electron chi connectivity index (χ4n) is 4.22. The molecule has 0 bridgehead atoms. The number of nitrogens with zero attached hydrogens (tertiary/aromatic N) is 3. The van der Waals surface area contributed by atoms with Crippen LogP contribution < -0.4 is 10.7 Å². The Balaban J connectivity index is 1.56. The van der Waals surface area contributed by atoms with Crippen molar-refractivity contribution in [2.75, 3.05) is 5.32 Å². The van der Waals surface area contributed by atoms with Crippen LogP contribution in [0.15, 0.2) is 83.7 Å². The number of aromatic nitrogens is 3. The molecule has 158 valence electrons. The Morgan fingerprint density at radius 3 is 2.09 bits per heavy atom. The zero-order chi connectivity index (χ0) is 22.2. The van der Waals surface area contributed by atoms with Gasteiger partial charge in [0.15, 0.2) is 5.43 Å². The van der Waals surface area contributed by atoms with Crippen LogP contribution in [0.25, 0.3) is 27.5 Å². The van der Waals surface area contributed by atoms with Gasteiger partial charge in [-0.05, 0) is 56.3 Å². The summed E-state index contributed by atoms with van der Waals surface area (Å²) in [6.45, 7) is 4.00. The number of rotatable bonds is 4. The smallest absolute Gasteiger partial charge is 0.244 e. The van der Waals surface area contributed by atoms with E-state index in [1.165, 1.54) is 0 Å². The van der Waals surface area contributed by atoms with Crippen molar-refractivity contribution in [3.05, 3.63) is 100 Å². The van der Waals surface area contributed by atoms with Crippen LogP contribution >= 0.6 is 0 Å². The highest BCUT2D eigenvalue weighted by Gasteiger charge is 2.15. The topological polar surface area (TPSA) is 68.9 Å². The average Bonchev–Trinajstić information content (AvgIpc) is 3.14. The molecule has 1 amide bonds. The van der Waals surface area contributed by atoms with Crippen molar-refractivity contribution in [3.63, 3.8) is 0 Å². The molecule has 32 heavy (non-hydrogen) atoms. The van der Waals surface area contributed by atoms with E-state index >= 15 is 0 Å². The summed E-state index contributed by atoms with van der Waals surface area (Å²) < 4.78 is 3.72. The maximum Gasteiger partial charge on any atom is 0.244 e. The van der Waals surface area contributed by atoms with Gasteiger partial charge in [0.25, 0.3) is 0 Å². The van der Waals surface area contributed by atoms with Crippen LogP contribution in [0.3, 0.4) is 0 Å². The van der Waals surface area contributed by atoms with Gasteiger partial charge >= 0.3 is 0 Å². The minimum atomic E-state index is -0.182. The number of anilines is 1. The Hall–Kier alpha value is -4.19. The van der Waals surface area contributed by atoms with Crippen LogP contribution in [0, 0.1) is 13.8 Å². The molecule has 0 radical (unpaired) electrons. The Kier molecular flexibility index (Phi) is 4.82. The number of nitrogens with one attached hydrogen (secondary N) is 1. The molecule has 0 unspecified atom stereocenters. The molecule has 5 rings (SSSR count). The summed E-state index contributed by atoms with van der Waals surface area (Å²) in [5, 5.41) is 8.79. The van der Waals surface area contributed by atoms with Crippen molar-refractivity contribution in [1.29, 1.82) is 0 Å². The Bertz CT molecular complexity index is 1490. The van der Waals surface area contributed by atoms with Crippen LogP contribution in [0.5, 0.6) is 0 Å². The van der Waals surface area contributed by atoms with Crippen molar-refractivity contribution in [2.24, 2.45) is 0 Å². The SMILES string of the molecule is Cc1cc(C)n(-c2ccccc2NC(=O)Cn2c3ccccc3c(=O)c3ccccc32)n1. The van der Waals surface area contributed by atoms with E-state index in [9.17, 15) is 9.59 Å². The zero-order valence-electron chi connectivity index (χ0n) is 17.9. The molecule has 2 heterocycles. The number of hydrogen-bond donors (Lipinski definition) is 1. The van der Waals surface area contributed by atoms with E-state index in [0.29, 0.717) is 16.5 Å². The standard InChI is InChI=1S/C26H22N4O2/c1-17-15-18(2)30(28-17)24-14-8-5-11-21(24)27-25(31)16-29-22-12-6-3-9-19(22)26(32)20-10-4-7-13-23(20)29/h3-15H,16H2,1-2H3,(H,27,31). The number of amides is 1. The van der Waals surface area contributed by atoms with Crippen molar-refractivity contribution in [2.45, 2.75) is 20.4 Å². The van der Waals surface area contributed by atoms with Gasteiger partial charge < -0.3 is 9.88 Å². The highest BCUT2D eigenvalue weighted by molar-refractivity contribution is 5.98. The third-order valence-corrected chi connectivity index (χ3v) is 5.60. The van der Waals surface area contributed by atoms with Crippen molar-refractivity contribution in [3.8, 4) is 5.69 Å². The molecule has 0 aliphatic rings. The number of pyridine rings is 1. The van der Waals surface area contributed by atoms with E-state index in [1.54, 1.807) is 12.1 Å². The molecule has 0 atom stereocenters. The normalized spacial score (nSPS) is 11.2. The number of para-hydroxylation sites is 4. The predicted octanol–water partition coefficient (Wildman–Crippen LogP) is 4.60. The van der Waals surface area contributed by atoms with Crippen LogP contribution in [0.1, 0.15) is 11.4 Å². The molecular weight excluding hydrogens is 400 g/mol. The van der Waals surface area contributed by atoms with Gasteiger partial charge in [0.05, 0.1) is 28.1 Å². The fraction of sp³-hybridized carbons (Fsp3) is 0.115. The van der Waals surface area contributed by atoms with Gasteiger partial charge in [0.2, 0.25) is 5.91 Å². The largest absolute Gasteiger partial charge is 0.331 e. The second kappa shape index (κ2) is 7.81. The van der Waals surface area contributed by atoms with Gasteiger partial charge in [-0.15, -0.1) is 0 Å². The molecule has 0 saturated carbocycles. The van der Waals surface area contributed by atoms with E-state index in [-0.39, 0.29) is 17.9 Å². The van der Waals surface area contributed by atoms with Crippen molar-refractivity contribution >= 4 is 33.4 Å². The highest BCUT2D eigenvalue weighted by Crippen LogP contribution is 2.23. The molecule has 0 aliphatic carbocycles. The Morgan fingerprint density at radius 2 is 1.47 bits per heavy atom. The van der Waals surface area contributed by atoms with Gasteiger partial charge in [0, 0.05) is 16.5 Å². The summed E-state index contributed by atoms with van der Waals surface area (Å²) in [6.07, 6.45) is 0. The summed E-state index contributed by atoms with van der Waals surface area (Å²) in [5.41, 5.74) is 4.83. The third-order valence-electron chi connectivity index (χ3n) is 5.60. The first-order valence-electron chi connectivity index (χ1n) is 10.5. The van der Waals surface area contributed by atoms with Gasteiger partial charge in [-0.1, -0.05) is 36.4 Å². The predicted molar refractivity (Wildman–Crippen MR) is 127 cm³/mol. The second-order valence-electron chi connectivity index (χ2n) is 7.85. The summed E-state index contributed by atoms with van der Waals surface area (Å²) in [7, 11) is 0. The molecule has 5 aromatic rings. The van der Waals surface area contributed by atoms with E-state index in [0.717, 1.165) is 28.1 Å². The minimum absolute atomic E-state index is 0.0252. The second-order valence-corrected chi connectivity index (χ2v) is 7.85. The average molecular weight is 422 g/mol. The van der Waals surface area contributed by atoms with Gasteiger partial charge in [-0.25, -0.2) is 4.68 Å². The van der Waals surface area contributed by atoms with Crippen molar-refractivity contribution < 1.29 is 4.79 Å². The Labute approximate surface area is 184 Å².